The SMILES string of the molecule is COc1ncc(Cl)c(C(Cc2cccc(Cl)c2)C(=O)O)n1. The van der Waals surface area contributed by atoms with Gasteiger partial charge in [-0.1, -0.05) is 35.3 Å². The number of hydrogen-bond acceptors (Lipinski definition) is 4. The highest BCUT2D eigenvalue weighted by Gasteiger charge is 2.25. The van der Waals surface area contributed by atoms with Gasteiger partial charge in [0, 0.05) is 5.02 Å². The van der Waals surface area contributed by atoms with Crippen LogP contribution in [0.15, 0.2) is 30.5 Å². The minimum absolute atomic E-state index is 0.0757. The Bertz CT molecular complexity index is 664. The van der Waals surface area contributed by atoms with E-state index in [0.717, 1.165) is 5.56 Å². The van der Waals surface area contributed by atoms with E-state index in [9.17, 15) is 9.90 Å². The Balaban J connectivity index is 2.37. The zero-order valence-corrected chi connectivity index (χ0v) is 12.6. The number of carboxylic acid groups (broad SMARTS) is 1. The van der Waals surface area contributed by atoms with Gasteiger partial charge in [-0.2, -0.15) is 4.98 Å². The van der Waals surface area contributed by atoms with Crippen molar-refractivity contribution in [3.63, 3.8) is 0 Å². The van der Waals surface area contributed by atoms with Crippen molar-refractivity contribution in [1.82, 2.24) is 9.97 Å². The van der Waals surface area contributed by atoms with Crippen molar-refractivity contribution in [3.05, 3.63) is 51.8 Å². The Morgan fingerprint density at radius 1 is 1.43 bits per heavy atom. The Hall–Kier alpha value is -1.85. The molecule has 1 N–H and O–H groups in total. The fourth-order valence-corrected chi connectivity index (χ4v) is 2.34. The summed E-state index contributed by atoms with van der Waals surface area (Å²) in [5.74, 6) is -1.94. The summed E-state index contributed by atoms with van der Waals surface area (Å²) in [6, 6.07) is 7.07. The van der Waals surface area contributed by atoms with Crippen LogP contribution in [-0.4, -0.2) is 28.2 Å². The second-order valence-electron chi connectivity index (χ2n) is 4.31. The normalized spacial score (nSPS) is 12.0. The lowest BCUT2D eigenvalue weighted by Gasteiger charge is -2.14. The lowest BCUT2D eigenvalue weighted by atomic mass is 9.96. The highest BCUT2D eigenvalue weighted by Crippen LogP contribution is 2.27. The van der Waals surface area contributed by atoms with Crippen LogP contribution in [0.2, 0.25) is 10.0 Å². The molecular formula is C14H12Cl2N2O3. The lowest BCUT2D eigenvalue weighted by molar-refractivity contribution is -0.138. The van der Waals surface area contributed by atoms with Gasteiger partial charge in [0.1, 0.15) is 5.92 Å². The van der Waals surface area contributed by atoms with E-state index in [-0.39, 0.29) is 23.1 Å². The van der Waals surface area contributed by atoms with Crippen molar-refractivity contribution in [1.29, 1.82) is 0 Å². The number of nitrogens with zero attached hydrogens (tertiary/aromatic N) is 2. The first-order chi connectivity index (χ1) is 10.0. The average molecular weight is 327 g/mol. The Morgan fingerprint density at radius 3 is 2.81 bits per heavy atom. The van der Waals surface area contributed by atoms with E-state index in [0.29, 0.717) is 5.02 Å². The molecule has 0 radical (unpaired) electrons. The highest BCUT2D eigenvalue weighted by atomic mass is 35.5. The maximum absolute atomic E-state index is 11.5. The maximum atomic E-state index is 11.5. The van der Waals surface area contributed by atoms with Crippen molar-refractivity contribution in [3.8, 4) is 6.01 Å². The monoisotopic (exact) mass is 326 g/mol. The number of carbonyl (C=O) groups is 1. The molecule has 0 aliphatic carbocycles. The minimum atomic E-state index is -1.03. The number of ether oxygens (including phenoxy) is 1. The molecule has 5 nitrogen and oxygen atoms in total. The van der Waals surface area contributed by atoms with E-state index in [1.165, 1.54) is 13.3 Å². The molecule has 0 bridgehead atoms. The van der Waals surface area contributed by atoms with Gasteiger partial charge >= 0.3 is 12.0 Å². The van der Waals surface area contributed by atoms with Crippen LogP contribution in [0, 0.1) is 0 Å². The predicted molar refractivity (Wildman–Crippen MR) is 79.1 cm³/mol. The highest BCUT2D eigenvalue weighted by molar-refractivity contribution is 6.31. The third-order valence-electron chi connectivity index (χ3n) is 2.89. The van der Waals surface area contributed by atoms with E-state index < -0.39 is 11.9 Å². The smallest absolute Gasteiger partial charge is 0.316 e. The van der Waals surface area contributed by atoms with E-state index in [2.05, 4.69) is 9.97 Å². The van der Waals surface area contributed by atoms with Crippen LogP contribution in [0.1, 0.15) is 17.2 Å². The quantitative estimate of drug-likeness (QED) is 0.913. The molecule has 1 unspecified atom stereocenters. The second-order valence-corrected chi connectivity index (χ2v) is 5.16. The standard InChI is InChI=1S/C14H12Cl2N2O3/c1-21-14-17-7-11(16)12(18-14)10(13(19)20)6-8-3-2-4-9(15)5-8/h2-5,7,10H,6H2,1H3,(H,19,20). The van der Waals surface area contributed by atoms with Gasteiger partial charge in [0.2, 0.25) is 0 Å². The number of hydrogen-bond donors (Lipinski definition) is 1. The Kier molecular flexibility index (Phi) is 4.98. The first-order valence-corrected chi connectivity index (χ1v) is 6.80. The van der Waals surface area contributed by atoms with Crippen molar-refractivity contribution in [2.45, 2.75) is 12.3 Å². The van der Waals surface area contributed by atoms with Crippen LogP contribution in [0.25, 0.3) is 0 Å². The van der Waals surface area contributed by atoms with Crippen molar-refractivity contribution in [2.75, 3.05) is 7.11 Å². The van der Waals surface area contributed by atoms with Crippen molar-refractivity contribution < 1.29 is 14.6 Å². The molecule has 1 atom stereocenters. The van der Waals surface area contributed by atoms with Crippen LogP contribution in [0.4, 0.5) is 0 Å². The van der Waals surface area contributed by atoms with Crippen LogP contribution >= 0.6 is 23.2 Å². The molecule has 7 heteroatoms. The second kappa shape index (κ2) is 6.74. The van der Waals surface area contributed by atoms with E-state index >= 15 is 0 Å². The Labute approximate surface area is 131 Å². The molecule has 0 aliphatic heterocycles. The largest absolute Gasteiger partial charge is 0.481 e. The van der Waals surface area contributed by atoms with Gasteiger partial charge in [-0.25, -0.2) is 4.98 Å². The summed E-state index contributed by atoms with van der Waals surface area (Å²) >= 11 is 11.9. The van der Waals surface area contributed by atoms with Gasteiger partial charge in [0.15, 0.2) is 0 Å². The molecule has 2 rings (SSSR count). The number of halogens is 2. The van der Waals surface area contributed by atoms with Gasteiger partial charge in [-0.05, 0) is 24.1 Å². The number of benzene rings is 1. The van der Waals surface area contributed by atoms with Gasteiger partial charge in [-0.15, -0.1) is 0 Å². The van der Waals surface area contributed by atoms with Crippen molar-refractivity contribution in [2.24, 2.45) is 0 Å². The summed E-state index contributed by atoms with van der Waals surface area (Å²) in [5.41, 5.74) is 1.000. The number of carboxylic acids is 1. The fourth-order valence-electron chi connectivity index (χ4n) is 1.91. The van der Waals surface area contributed by atoms with Crippen molar-refractivity contribution >= 4 is 29.2 Å². The summed E-state index contributed by atoms with van der Waals surface area (Å²) < 4.78 is 4.91. The minimum Gasteiger partial charge on any atom is -0.481 e. The lowest BCUT2D eigenvalue weighted by Crippen LogP contribution is -2.17. The molecule has 0 fully saturated rings. The zero-order valence-electron chi connectivity index (χ0n) is 11.1. The van der Waals surface area contributed by atoms with Gasteiger partial charge in [0.05, 0.1) is 24.0 Å². The molecule has 110 valence electrons. The molecule has 0 saturated heterocycles. The molecule has 0 spiro atoms. The van der Waals surface area contributed by atoms with Gasteiger partial charge in [-0.3, -0.25) is 4.79 Å². The van der Waals surface area contributed by atoms with E-state index in [1.54, 1.807) is 24.3 Å². The maximum Gasteiger partial charge on any atom is 0.316 e. The third-order valence-corrected chi connectivity index (χ3v) is 3.42. The number of rotatable bonds is 5. The van der Waals surface area contributed by atoms with Crippen LogP contribution in [-0.2, 0) is 11.2 Å². The predicted octanol–water partition coefficient (Wildman–Crippen LogP) is 3.20. The molecule has 0 aliphatic rings. The van der Waals surface area contributed by atoms with E-state index in [4.69, 9.17) is 27.9 Å². The van der Waals surface area contributed by atoms with Crippen LogP contribution < -0.4 is 4.74 Å². The summed E-state index contributed by atoms with van der Waals surface area (Å²) in [6.45, 7) is 0. The van der Waals surface area contributed by atoms with Crippen LogP contribution in [0.5, 0.6) is 6.01 Å². The molecule has 1 aromatic heterocycles. The molecule has 1 heterocycles. The molecule has 0 saturated carbocycles. The first-order valence-electron chi connectivity index (χ1n) is 6.05. The number of aromatic nitrogens is 2. The van der Waals surface area contributed by atoms with Gasteiger partial charge in [0.25, 0.3) is 0 Å². The topological polar surface area (TPSA) is 72.3 Å². The van der Waals surface area contributed by atoms with Crippen LogP contribution in [0.3, 0.4) is 0 Å². The van der Waals surface area contributed by atoms with E-state index in [1.807, 2.05) is 0 Å². The average Bonchev–Trinajstić information content (AvgIpc) is 2.45. The molecule has 0 amide bonds. The summed E-state index contributed by atoms with van der Waals surface area (Å²) in [6.07, 6.45) is 1.55. The zero-order chi connectivity index (χ0) is 15.4. The molecule has 2 aromatic rings. The molecule has 21 heavy (non-hydrogen) atoms. The first kappa shape index (κ1) is 15.5. The molecular weight excluding hydrogens is 315 g/mol. The Morgan fingerprint density at radius 2 is 2.19 bits per heavy atom. The number of methoxy groups -OCH3 is 1. The fraction of sp³-hybridized carbons (Fsp3) is 0.214. The number of aliphatic carboxylic acids is 1. The summed E-state index contributed by atoms with van der Waals surface area (Å²) in [5, 5.41) is 10.2. The molecule has 1 aromatic carbocycles. The third kappa shape index (κ3) is 3.83. The van der Waals surface area contributed by atoms with Gasteiger partial charge < -0.3 is 9.84 Å². The summed E-state index contributed by atoms with van der Waals surface area (Å²) in [4.78, 5) is 19.4. The summed E-state index contributed by atoms with van der Waals surface area (Å²) in [7, 11) is 1.40.